The first-order chi connectivity index (χ1) is 10.6. The molecule has 0 radical (unpaired) electrons. The van der Waals surface area contributed by atoms with Crippen molar-refractivity contribution in [1.29, 1.82) is 0 Å². The summed E-state index contributed by atoms with van der Waals surface area (Å²) in [5.41, 5.74) is 0. The third-order valence-electron chi connectivity index (χ3n) is 3.70. The highest BCUT2D eigenvalue weighted by atomic mass is 32.2. The van der Waals surface area contributed by atoms with Crippen molar-refractivity contribution in [3.8, 4) is 5.82 Å². The van der Waals surface area contributed by atoms with Crippen molar-refractivity contribution in [3.05, 3.63) is 30.6 Å². The minimum atomic E-state index is -3.10. The van der Waals surface area contributed by atoms with Crippen molar-refractivity contribution in [3.63, 3.8) is 0 Å². The Kier molecular flexibility index (Phi) is 4.08. The predicted molar refractivity (Wildman–Crippen MR) is 82.4 cm³/mol. The van der Waals surface area contributed by atoms with Crippen molar-refractivity contribution in [2.24, 2.45) is 0 Å². The van der Waals surface area contributed by atoms with Crippen LogP contribution in [0.5, 0.6) is 0 Å². The molecular weight excluding hydrogens is 304 g/mol. The number of aromatic nitrogens is 4. The minimum Gasteiger partial charge on any atom is -0.352 e. The number of piperazine rings is 1. The molecule has 0 saturated carbocycles. The van der Waals surface area contributed by atoms with Gasteiger partial charge < -0.3 is 4.90 Å². The Bertz CT molecular complexity index is 705. The number of hydrogen-bond acceptors (Lipinski definition) is 6. The molecule has 0 atom stereocenters. The van der Waals surface area contributed by atoms with E-state index in [4.69, 9.17) is 0 Å². The molecule has 1 fully saturated rings. The van der Waals surface area contributed by atoms with E-state index in [0.29, 0.717) is 32.0 Å². The molecular formula is C13H18N6O2S. The van der Waals surface area contributed by atoms with Crippen LogP contribution in [0.15, 0.2) is 30.6 Å². The topological polar surface area (TPSA) is 84.2 Å². The number of anilines is 1. The molecule has 1 aliphatic heterocycles. The number of hydrogen-bond donors (Lipinski definition) is 0. The molecule has 0 unspecified atom stereocenters. The summed E-state index contributed by atoms with van der Waals surface area (Å²) in [5, 5.41) is 12.5. The zero-order valence-corrected chi connectivity index (χ0v) is 13.1. The van der Waals surface area contributed by atoms with Crippen molar-refractivity contribution in [1.82, 2.24) is 24.3 Å². The van der Waals surface area contributed by atoms with E-state index in [2.05, 4.69) is 15.3 Å². The third-order valence-corrected chi connectivity index (χ3v) is 5.58. The molecule has 1 aliphatic rings. The summed E-state index contributed by atoms with van der Waals surface area (Å²) in [4.78, 5) is 2.04. The molecule has 118 valence electrons. The van der Waals surface area contributed by atoms with Crippen molar-refractivity contribution in [2.75, 3.05) is 36.8 Å². The van der Waals surface area contributed by atoms with Crippen LogP contribution in [0, 0.1) is 0 Å². The maximum atomic E-state index is 11.8. The minimum absolute atomic E-state index is 0.144. The fourth-order valence-electron chi connectivity index (χ4n) is 2.39. The van der Waals surface area contributed by atoms with Gasteiger partial charge in [0, 0.05) is 38.6 Å². The van der Waals surface area contributed by atoms with E-state index in [0.717, 1.165) is 5.82 Å². The molecule has 0 aromatic carbocycles. The molecule has 0 N–H and O–H groups in total. The molecule has 0 aliphatic carbocycles. The van der Waals surface area contributed by atoms with Crippen LogP contribution in [0.2, 0.25) is 0 Å². The van der Waals surface area contributed by atoms with Crippen LogP contribution in [-0.4, -0.2) is 64.6 Å². The van der Waals surface area contributed by atoms with Crippen LogP contribution >= 0.6 is 0 Å². The highest BCUT2D eigenvalue weighted by Gasteiger charge is 2.26. The first kappa shape index (κ1) is 14.9. The van der Waals surface area contributed by atoms with E-state index in [1.807, 2.05) is 23.1 Å². The second-order valence-corrected chi connectivity index (χ2v) is 7.24. The van der Waals surface area contributed by atoms with Crippen LogP contribution in [0.1, 0.15) is 6.92 Å². The lowest BCUT2D eigenvalue weighted by Crippen LogP contribution is -2.49. The molecule has 8 nitrogen and oxygen atoms in total. The molecule has 1 saturated heterocycles. The lowest BCUT2D eigenvalue weighted by molar-refractivity contribution is 0.384. The highest BCUT2D eigenvalue weighted by molar-refractivity contribution is 7.89. The highest BCUT2D eigenvalue weighted by Crippen LogP contribution is 2.15. The largest absolute Gasteiger partial charge is 0.352 e. The Hall–Kier alpha value is -2.00. The van der Waals surface area contributed by atoms with Gasteiger partial charge in [-0.25, -0.2) is 13.1 Å². The number of nitrogens with zero attached hydrogens (tertiary/aromatic N) is 6. The summed E-state index contributed by atoms with van der Waals surface area (Å²) >= 11 is 0. The Morgan fingerprint density at radius 2 is 1.77 bits per heavy atom. The Morgan fingerprint density at radius 1 is 1.09 bits per heavy atom. The molecule has 3 rings (SSSR count). The van der Waals surface area contributed by atoms with E-state index in [1.165, 1.54) is 4.31 Å². The maximum absolute atomic E-state index is 11.8. The summed E-state index contributed by atoms with van der Waals surface area (Å²) in [6.07, 6.45) is 3.49. The normalized spacial score (nSPS) is 16.9. The van der Waals surface area contributed by atoms with Gasteiger partial charge in [0.25, 0.3) is 0 Å². The molecule has 9 heteroatoms. The Balaban J connectivity index is 1.67. The third kappa shape index (κ3) is 2.95. The van der Waals surface area contributed by atoms with E-state index < -0.39 is 10.0 Å². The Labute approximate surface area is 129 Å². The quantitative estimate of drug-likeness (QED) is 0.796. The van der Waals surface area contributed by atoms with Gasteiger partial charge >= 0.3 is 0 Å². The zero-order chi connectivity index (χ0) is 15.6. The summed E-state index contributed by atoms with van der Waals surface area (Å²) in [5.74, 6) is 1.55. The van der Waals surface area contributed by atoms with Gasteiger partial charge in [0.2, 0.25) is 10.0 Å². The van der Waals surface area contributed by atoms with Gasteiger partial charge in [-0.3, -0.25) is 0 Å². The molecule has 0 amide bonds. The van der Waals surface area contributed by atoms with E-state index in [1.54, 1.807) is 24.0 Å². The second-order valence-electron chi connectivity index (χ2n) is 4.99. The van der Waals surface area contributed by atoms with Gasteiger partial charge in [0.1, 0.15) is 0 Å². The lowest BCUT2D eigenvalue weighted by atomic mass is 10.3. The van der Waals surface area contributed by atoms with E-state index >= 15 is 0 Å². The van der Waals surface area contributed by atoms with Gasteiger partial charge in [-0.1, -0.05) is 0 Å². The van der Waals surface area contributed by atoms with Crippen molar-refractivity contribution < 1.29 is 8.42 Å². The summed E-state index contributed by atoms with van der Waals surface area (Å²) < 4.78 is 26.9. The standard InChI is InChI=1S/C13H18N6O2S/c1-2-22(20,21)18-10-8-17(9-11-18)12-4-5-13(16-15-12)19-7-3-6-14-19/h3-7H,2,8-11H2,1H3. The molecule has 2 aromatic rings. The molecule has 0 spiro atoms. The summed E-state index contributed by atoms with van der Waals surface area (Å²) in [6, 6.07) is 5.56. The van der Waals surface area contributed by atoms with Crippen molar-refractivity contribution in [2.45, 2.75) is 6.92 Å². The lowest BCUT2D eigenvalue weighted by Gasteiger charge is -2.34. The average molecular weight is 322 g/mol. The predicted octanol–water partition coefficient (Wildman–Crippen LogP) is 0.134. The van der Waals surface area contributed by atoms with Crippen LogP contribution in [0.4, 0.5) is 5.82 Å². The number of rotatable bonds is 4. The Morgan fingerprint density at radius 3 is 2.32 bits per heavy atom. The first-order valence-electron chi connectivity index (χ1n) is 7.16. The monoisotopic (exact) mass is 322 g/mol. The van der Waals surface area contributed by atoms with Gasteiger partial charge in [-0.2, -0.15) is 9.40 Å². The second kappa shape index (κ2) is 6.01. The number of sulfonamides is 1. The molecule has 22 heavy (non-hydrogen) atoms. The SMILES string of the molecule is CCS(=O)(=O)N1CCN(c2ccc(-n3cccn3)nn2)CC1. The molecule has 2 aromatic heterocycles. The molecule has 3 heterocycles. The van der Waals surface area contributed by atoms with Gasteiger partial charge in [0.15, 0.2) is 11.6 Å². The zero-order valence-electron chi connectivity index (χ0n) is 12.3. The van der Waals surface area contributed by atoms with Gasteiger partial charge in [-0.15, -0.1) is 10.2 Å². The van der Waals surface area contributed by atoms with E-state index in [-0.39, 0.29) is 5.75 Å². The maximum Gasteiger partial charge on any atom is 0.213 e. The van der Waals surface area contributed by atoms with Crippen LogP contribution in [0.3, 0.4) is 0 Å². The molecule has 0 bridgehead atoms. The summed E-state index contributed by atoms with van der Waals surface area (Å²) in [7, 11) is -3.10. The van der Waals surface area contributed by atoms with Crippen LogP contribution < -0.4 is 4.90 Å². The summed E-state index contributed by atoms with van der Waals surface area (Å²) in [6.45, 7) is 3.88. The van der Waals surface area contributed by atoms with Gasteiger partial charge in [-0.05, 0) is 25.1 Å². The van der Waals surface area contributed by atoms with Crippen molar-refractivity contribution >= 4 is 15.8 Å². The fraction of sp³-hybridized carbons (Fsp3) is 0.462. The van der Waals surface area contributed by atoms with Crippen LogP contribution in [0.25, 0.3) is 5.82 Å². The first-order valence-corrected chi connectivity index (χ1v) is 8.77. The smallest absolute Gasteiger partial charge is 0.213 e. The van der Waals surface area contributed by atoms with Gasteiger partial charge in [0.05, 0.1) is 5.75 Å². The van der Waals surface area contributed by atoms with E-state index in [9.17, 15) is 8.42 Å². The average Bonchev–Trinajstić information content (AvgIpc) is 3.10. The van der Waals surface area contributed by atoms with Crippen LogP contribution in [-0.2, 0) is 10.0 Å². The fourth-order valence-corrected chi connectivity index (χ4v) is 3.48.